The Labute approximate surface area is 186 Å². The van der Waals surface area contributed by atoms with Gasteiger partial charge in [-0.05, 0) is 38.5 Å². The number of carbonyl (C=O) groups is 1. The van der Waals surface area contributed by atoms with E-state index >= 15 is 0 Å². The fraction of sp³-hybridized carbons (Fsp3) is 0.435. The molecule has 1 unspecified atom stereocenters. The van der Waals surface area contributed by atoms with Gasteiger partial charge in [0.05, 0.1) is 18.5 Å². The van der Waals surface area contributed by atoms with Crippen LogP contribution < -0.4 is 9.47 Å². The van der Waals surface area contributed by atoms with Gasteiger partial charge in [0.25, 0.3) is 0 Å². The van der Waals surface area contributed by atoms with E-state index in [1.807, 2.05) is 50.1 Å². The zero-order chi connectivity index (χ0) is 22.3. The molecule has 164 valence electrons. The molecule has 3 heterocycles. The predicted octanol–water partition coefficient (Wildman–Crippen LogP) is 4.32. The minimum absolute atomic E-state index is 0.0211. The van der Waals surface area contributed by atoms with Crippen LogP contribution in [0.15, 0.2) is 30.3 Å². The molecule has 1 aromatic carbocycles. The van der Waals surface area contributed by atoms with Crippen molar-refractivity contribution >= 4 is 28.4 Å². The van der Waals surface area contributed by atoms with Crippen LogP contribution >= 0.6 is 11.6 Å². The summed E-state index contributed by atoms with van der Waals surface area (Å²) in [6, 6.07) is 9.55. The Morgan fingerprint density at radius 2 is 1.94 bits per heavy atom. The zero-order valence-electron chi connectivity index (χ0n) is 18.4. The largest absolute Gasteiger partial charge is 0.497 e. The number of amides is 1. The topological polar surface area (TPSA) is 69.5 Å². The van der Waals surface area contributed by atoms with Gasteiger partial charge >= 0.3 is 0 Å². The quantitative estimate of drug-likeness (QED) is 0.532. The number of hydrogen-bond donors (Lipinski definition) is 0. The second-order valence-electron chi connectivity index (χ2n) is 8.14. The minimum Gasteiger partial charge on any atom is -0.497 e. The normalized spacial score (nSPS) is 18.5. The van der Waals surface area contributed by atoms with Gasteiger partial charge in [0.2, 0.25) is 11.8 Å². The number of aryl methyl sites for hydroxylation is 2. The second-order valence-corrected chi connectivity index (χ2v) is 8.52. The molecule has 31 heavy (non-hydrogen) atoms. The molecule has 3 aromatic rings. The first-order valence-electron chi connectivity index (χ1n) is 10.4. The summed E-state index contributed by atoms with van der Waals surface area (Å²) in [4.78, 5) is 19.1. The average molecular weight is 443 g/mol. The van der Waals surface area contributed by atoms with Crippen LogP contribution in [0.25, 0.3) is 10.9 Å². The summed E-state index contributed by atoms with van der Waals surface area (Å²) in [5.74, 6) is 1.45. The van der Waals surface area contributed by atoms with E-state index < -0.39 is 0 Å². The predicted molar refractivity (Wildman–Crippen MR) is 120 cm³/mol. The molecule has 2 aromatic heterocycles. The van der Waals surface area contributed by atoms with Crippen molar-refractivity contribution in [2.24, 2.45) is 13.0 Å². The number of halogens is 1. The number of aromatic nitrogens is 3. The maximum atomic E-state index is 12.8. The Kier molecular flexibility index (Phi) is 5.79. The smallest absolute Gasteiger partial charge is 0.226 e. The maximum Gasteiger partial charge on any atom is 0.226 e. The van der Waals surface area contributed by atoms with E-state index in [1.165, 1.54) is 0 Å². The highest BCUT2D eigenvalue weighted by Gasteiger charge is 2.37. The molecule has 1 fully saturated rings. The van der Waals surface area contributed by atoms with Crippen molar-refractivity contribution in [3.8, 4) is 11.6 Å². The van der Waals surface area contributed by atoms with Crippen molar-refractivity contribution in [2.45, 2.75) is 39.3 Å². The zero-order valence-corrected chi connectivity index (χ0v) is 19.2. The molecule has 0 radical (unpaired) electrons. The van der Waals surface area contributed by atoms with E-state index in [0.29, 0.717) is 24.0 Å². The molecular weight excluding hydrogens is 416 g/mol. The third kappa shape index (κ3) is 4.06. The van der Waals surface area contributed by atoms with Crippen LogP contribution in [0.1, 0.15) is 37.6 Å². The fourth-order valence-electron chi connectivity index (χ4n) is 4.17. The molecule has 3 atom stereocenters. The minimum atomic E-state index is -0.203. The number of likely N-dealkylation sites (tertiary alicyclic amines) is 1. The lowest BCUT2D eigenvalue weighted by Gasteiger charge is -2.26. The Balaban J connectivity index is 1.51. The number of rotatable bonds is 6. The van der Waals surface area contributed by atoms with E-state index in [1.54, 1.807) is 17.9 Å². The summed E-state index contributed by atoms with van der Waals surface area (Å²) in [6.45, 7) is 6.64. The lowest BCUT2D eigenvalue weighted by molar-refractivity contribution is -0.129. The Morgan fingerprint density at radius 3 is 2.61 bits per heavy atom. The van der Waals surface area contributed by atoms with Gasteiger partial charge in [0.1, 0.15) is 22.5 Å². The molecule has 0 spiro atoms. The molecule has 0 saturated carbocycles. The van der Waals surface area contributed by atoms with E-state index in [2.05, 4.69) is 17.0 Å². The molecule has 0 N–H and O–H groups in total. The van der Waals surface area contributed by atoms with Gasteiger partial charge in [-0.25, -0.2) is 4.98 Å². The van der Waals surface area contributed by atoms with E-state index in [0.717, 1.165) is 27.9 Å². The summed E-state index contributed by atoms with van der Waals surface area (Å²) in [6.07, 6.45) is 0.239. The number of carbonyl (C=O) groups excluding carboxylic acids is 1. The molecular formula is C23H27ClN4O3. The van der Waals surface area contributed by atoms with Gasteiger partial charge in [0, 0.05) is 37.7 Å². The summed E-state index contributed by atoms with van der Waals surface area (Å²) in [5.41, 5.74) is 2.78. The van der Waals surface area contributed by atoms with Gasteiger partial charge in [0.15, 0.2) is 0 Å². The van der Waals surface area contributed by atoms with Crippen LogP contribution in [0.3, 0.4) is 0 Å². The SMILES string of the molecule is COc1ccc([C@H](C)N2CC([C@@H](C)Oc3nc(Cl)cc4nn(C)c(C)c34)CC2=O)cc1. The van der Waals surface area contributed by atoms with Gasteiger partial charge in [-0.2, -0.15) is 5.10 Å². The van der Waals surface area contributed by atoms with Crippen LogP contribution in [0.2, 0.25) is 5.15 Å². The molecule has 1 amide bonds. The van der Waals surface area contributed by atoms with Crippen molar-refractivity contribution in [2.75, 3.05) is 13.7 Å². The molecule has 0 aliphatic carbocycles. The van der Waals surface area contributed by atoms with Crippen molar-refractivity contribution in [1.29, 1.82) is 0 Å². The van der Waals surface area contributed by atoms with Crippen LogP contribution in [-0.2, 0) is 11.8 Å². The Bertz CT molecular complexity index is 1110. The van der Waals surface area contributed by atoms with Gasteiger partial charge < -0.3 is 14.4 Å². The first kappa shape index (κ1) is 21.4. The van der Waals surface area contributed by atoms with Crippen LogP contribution in [-0.4, -0.2) is 45.3 Å². The number of hydrogen-bond acceptors (Lipinski definition) is 5. The number of nitrogens with zero attached hydrogens (tertiary/aromatic N) is 4. The fourth-order valence-corrected chi connectivity index (χ4v) is 4.35. The highest BCUT2D eigenvalue weighted by Crippen LogP contribution is 2.34. The van der Waals surface area contributed by atoms with Gasteiger partial charge in [-0.1, -0.05) is 23.7 Å². The molecule has 7 nitrogen and oxygen atoms in total. The third-order valence-electron chi connectivity index (χ3n) is 6.25. The van der Waals surface area contributed by atoms with E-state index in [4.69, 9.17) is 21.1 Å². The van der Waals surface area contributed by atoms with Crippen molar-refractivity contribution in [3.05, 3.63) is 46.7 Å². The number of benzene rings is 1. The summed E-state index contributed by atoms with van der Waals surface area (Å²) < 4.78 is 13.3. The molecule has 8 heteroatoms. The molecule has 4 rings (SSSR count). The molecule has 1 saturated heterocycles. The lowest BCUT2D eigenvalue weighted by Crippen LogP contribution is -2.31. The maximum absolute atomic E-state index is 12.8. The second kappa shape index (κ2) is 8.38. The number of methoxy groups -OCH3 is 1. The van der Waals surface area contributed by atoms with Gasteiger partial charge in [-0.3, -0.25) is 9.48 Å². The third-order valence-corrected chi connectivity index (χ3v) is 6.45. The number of pyridine rings is 1. The standard InChI is InChI=1S/C23H27ClN4O3/c1-13(16-6-8-18(30-5)9-7-16)28-12-17(10-21(28)29)15(3)31-23-22-14(2)27(4)26-19(22)11-20(24)25-23/h6-9,11,13,15,17H,10,12H2,1-5H3/t13-,15+,17?/m0/s1. The van der Waals surface area contributed by atoms with E-state index in [9.17, 15) is 4.79 Å². The molecule has 1 aliphatic heterocycles. The Morgan fingerprint density at radius 1 is 1.23 bits per heavy atom. The molecule has 1 aliphatic rings. The van der Waals surface area contributed by atoms with Crippen molar-refractivity contribution < 1.29 is 14.3 Å². The first-order chi connectivity index (χ1) is 14.8. The van der Waals surface area contributed by atoms with Crippen LogP contribution in [0.4, 0.5) is 0 Å². The van der Waals surface area contributed by atoms with Crippen LogP contribution in [0.5, 0.6) is 11.6 Å². The van der Waals surface area contributed by atoms with Crippen molar-refractivity contribution in [1.82, 2.24) is 19.7 Å². The Hall–Kier alpha value is -2.80. The first-order valence-corrected chi connectivity index (χ1v) is 10.8. The molecule has 0 bridgehead atoms. The van der Waals surface area contributed by atoms with Crippen molar-refractivity contribution in [3.63, 3.8) is 0 Å². The summed E-state index contributed by atoms with van der Waals surface area (Å²) >= 11 is 6.19. The lowest BCUT2D eigenvalue weighted by atomic mass is 10.0. The summed E-state index contributed by atoms with van der Waals surface area (Å²) in [5, 5.41) is 5.66. The van der Waals surface area contributed by atoms with E-state index in [-0.39, 0.29) is 24.0 Å². The highest BCUT2D eigenvalue weighted by atomic mass is 35.5. The average Bonchev–Trinajstić information content (AvgIpc) is 3.27. The van der Waals surface area contributed by atoms with Gasteiger partial charge in [-0.15, -0.1) is 0 Å². The monoisotopic (exact) mass is 442 g/mol. The summed E-state index contributed by atoms with van der Waals surface area (Å²) in [7, 11) is 3.52. The van der Waals surface area contributed by atoms with Crippen LogP contribution in [0, 0.1) is 12.8 Å². The highest BCUT2D eigenvalue weighted by molar-refractivity contribution is 6.30. The number of fused-ring (bicyclic) bond motifs is 1. The number of ether oxygens (including phenoxy) is 2.